The van der Waals surface area contributed by atoms with E-state index in [-0.39, 0.29) is 30.1 Å². The molecule has 1 aliphatic carbocycles. The zero-order valence-electron chi connectivity index (χ0n) is 16.9. The molecule has 8 heteroatoms. The molecule has 0 saturated heterocycles. The largest absolute Gasteiger partial charge is 0.493 e. The second-order valence-corrected chi connectivity index (χ2v) is 7.15. The number of amides is 1. The fraction of sp³-hybridized carbons (Fsp3) is 0.524. The van der Waals surface area contributed by atoms with Gasteiger partial charge in [0.2, 0.25) is 0 Å². The second-order valence-electron chi connectivity index (χ2n) is 7.15. The summed E-state index contributed by atoms with van der Waals surface area (Å²) in [5, 5.41) is 0. The molecule has 2 rings (SSSR count). The van der Waals surface area contributed by atoms with Crippen LogP contribution < -0.4 is 9.47 Å². The molecule has 1 aliphatic rings. The quantitative estimate of drug-likeness (QED) is 0.480. The number of halogens is 2. The molecule has 29 heavy (non-hydrogen) atoms. The van der Waals surface area contributed by atoms with E-state index in [4.69, 9.17) is 9.47 Å². The number of carbonyl (C=O) groups is 2. The van der Waals surface area contributed by atoms with Crippen molar-refractivity contribution in [2.45, 2.75) is 45.3 Å². The van der Waals surface area contributed by atoms with Gasteiger partial charge in [0.1, 0.15) is 0 Å². The van der Waals surface area contributed by atoms with Crippen LogP contribution in [0.15, 0.2) is 24.3 Å². The van der Waals surface area contributed by atoms with Crippen LogP contribution in [-0.4, -0.2) is 50.2 Å². The molecule has 0 aliphatic heterocycles. The van der Waals surface area contributed by atoms with Gasteiger partial charge in [-0.25, -0.2) is 4.79 Å². The Kier molecular flexibility index (Phi) is 8.42. The summed E-state index contributed by atoms with van der Waals surface area (Å²) in [5.41, 5.74) is 0.528. The third kappa shape index (κ3) is 7.03. The van der Waals surface area contributed by atoms with Gasteiger partial charge in [-0.2, -0.15) is 8.78 Å². The standard InChI is InChI=1S/C21H27F2NO5/c1-14-4-8-16(9-5-14)24(2)19(25)13-28-20(26)11-7-15-6-10-17(29-21(22)23)18(12-15)27-3/h6-7,10-12,14,16,21H,4-5,8-9,13H2,1-3H3/b11-7+. The summed E-state index contributed by atoms with van der Waals surface area (Å²) in [5.74, 6) is -0.211. The number of carbonyl (C=O) groups excluding carboxylic acids is 2. The Labute approximate surface area is 169 Å². The van der Waals surface area contributed by atoms with Gasteiger partial charge in [-0.1, -0.05) is 13.0 Å². The molecule has 1 amide bonds. The van der Waals surface area contributed by atoms with Crippen LogP contribution in [0, 0.1) is 5.92 Å². The second kappa shape index (κ2) is 10.8. The average Bonchev–Trinajstić information content (AvgIpc) is 2.70. The molecule has 1 aromatic carbocycles. The lowest BCUT2D eigenvalue weighted by molar-refractivity contribution is -0.148. The topological polar surface area (TPSA) is 65.1 Å². The molecule has 1 saturated carbocycles. The van der Waals surface area contributed by atoms with Crippen molar-refractivity contribution in [3.63, 3.8) is 0 Å². The molecule has 1 fully saturated rings. The van der Waals surface area contributed by atoms with Crippen LogP contribution in [0.25, 0.3) is 6.08 Å². The highest BCUT2D eigenvalue weighted by Gasteiger charge is 2.25. The summed E-state index contributed by atoms with van der Waals surface area (Å²) in [4.78, 5) is 25.8. The Bertz CT molecular complexity index is 730. The minimum atomic E-state index is -2.96. The van der Waals surface area contributed by atoms with Gasteiger partial charge in [0.25, 0.3) is 5.91 Å². The maximum atomic E-state index is 12.4. The lowest BCUT2D eigenvalue weighted by atomic mass is 9.87. The number of hydrogen-bond donors (Lipinski definition) is 0. The van der Waals surface area contributed by atoms with Crippen molar-refractivity contribution >= 4 is 18.0 Å². The molecule has 0 N–H and O–H groups in total. The Morgan fingerprint density at radius 2 is 1.90 bits per heavy atom. The molecular weight excluding hydrogens is 384 g/mol. The minimum absolute atomic E-state index is 0.104. The summed E-state index contributed by atoms with van der Waals surface area (Å²) in [6.45, 7) is -1.08. The van der Waals surface area contributed by atoms with Gasteiger partial charge < -0.3 is 19.1 Å². The highest BCUT2D eigenvalue weighted by Crippen LogP contribution is 2.30. The normalized spacial score (nSPS) is 19.2. The molecule has 0 radical (unpaired) electrons. The molecule has 0 spiro atoms. The molecule has 0 atom stereocenters. The number of hydrogen-bond acceptors (Lipinski definition) is 5. The van der Waals surface area contributed by atoms with E-state index in [1.807, 2.05) is 0 Å². The van der Waals surface area contributed by atoms with Gasteiger partial charge in [0.15, 0.2) is 18.1 Å². The van der Waals surface area contributed by atoms with Crippen molar-refractivity contribution in [2.75, 3.05) is 20.8 Å². The molecular formula is C21H27F2NO5. The van der Waals surface area contributed by atoms with Gasteiger partial charge in [-0.15, -0.1) is 0 Å². The van der Waals surface area contributed by atoms with Crippen LogP contribution in [-0.2, 0) is 14.3 Å². The van der Waals surface area contributed by atoms with Gasteiger partial charge >= 0.3 is 12.6 Å². The van der Waals surface area contributed by atoms with Crippen LogP contribution in [0.1, 0.15) is 38.2 Å². The van der Waals surface area contributed by atoms with E-state index in [1.165, 1.54) is 31.4 Å². The third-order valence-electron chi connectivity index (χ3n) is 5.08. The lowest BCUT2D eigenvalue weighted by Crippen LogP contribution is -2.41. The van der Waals surface area contributed by atoms with Gasteiger partial charge in [0.05, 0.1) is 7.11 Å². The average molecular weight is 411 g/mol. The number of nitrogens with zero attached hydrogens (tertiary/aromatic N) is 1. The number of rotatable bonds is 8. The molecule has 160 valence electrons. The summed E-state index contributed by atoms with van der Waals surface area (Å²) >= 11 is 0. The maximum absolute atomic E-state index is 12.4. The Morgan fingerprint density at radius 1 is 1.21 bits per heavy atom. The summed E-state index contributed by atoms with van der Waals surface area (Å²) < 4.78 is 39.1. The van der Waals surface area contributed by atoms with Crippen molar-refractivity contribution in [1.82, 2.24) is 4.90 Å². The maximum Gasteiger partial charge on any atom is 0.387 e. The van der Waals surface area contributed by atoms with Crippen LogP contribution in [0.2, 0.25) is 0 Å². The number of esters is 1. The SMILES string of the molecule is COc1cc(/C=C/C(=O)OCC(=O)N(C)C2CCC(C)CC2)ccc1OC(F)F. The van der Waals surface area contributed by atoms with Crippen molar-refractivity contribution in [2.24, 2.45) is 5.92 Å². The van der Waals surface area contributed by atoms with Gasteiger partial charge in [-0.3, -0.25) is 4.79 Å². The van der Waals surface area contributed by atoms with E-state index in [0.717, 1.165) is 31.8 Å². The molecule has 0 aromatic heterocycles. The first kappa shape index (κ1) is 22.6. The van der Waals surface area contributed by atoms with Crippen LogP contribution in [0.4, 0.5) is 8.78 Å². The Balaban J connectivity index is 1.85. The monoisotopic (exact) mass is 411 g/mol. The Hall–Kier alpha value is -2.64. The van der Waals surface area contributed by atoms with E-state index < -0.39 is 12.6 Å². The third-order valence-corrected chi connectivity index (χ3v) is 5.08. The van der Waals surface area contributed by atoms with E-state index in [1.54, 1.807) is 11.9 Å². The van der Waals surface area contributed by atoms with Crippen molar-refractivity contribution in [1.29, 1.82) is 0 Å². The first-order valence-electron chi connectivity index (χ1n) is 9.53. The van der Waals surface area contributed by atoms with Crippen molar-refractivity contribution in [3.8, 4) is 11.5 Å². The zero-order chi connectivity index (χ0) is 21.4. The van der Waals surface area contributed by atoms with Crippen molar-refractivity contribution in [3.05, 3.63) is 29.8 Å². The number of ether oxygens (including phenoxy) is 3. The fourth-order valence-electron chi connectivity index (χ4n) is 3.26. The van der Waals surface area contributed by atoms with E-state index in [9.17, 15) is 18.4 Å². The molecule has 6 nitrogen and oxygen atoms in total. The number of likely N-dealkylation sites (N-methyl/N-ethyl adjacent to an activating group) is 1. The molecule has 1 aromatic rings. The molecule has 0 unspecified atom stereocenters. The summed E-state index contributed by atoms with van der Waals surface area (Å²) in [7, 11) is 3.06. The first-order valence-corrected chi connectivity index (χ1v) is 9.53. The van der Waals surface area contributed by atoms with Gasteiger partial charge in [-0.05, 0) is 55.4 Å². The van der Waals surface area contributed by atoms with E-state index in [2.05, 4.69) is 11.7 Å². The zero-order valence-corrected chi connectivity index (χ0v) is 16.9. The predicted octanol–water partition coefficient (Wildman–Crippen LogP) is 3.89. The number of methoxy groups -OCH3 is 1. The van der Waals surface area contributed by atoms with Crippen LogP contribution in [0.5, 0.6) is 11.5 Å². The smallest absolute Gasteiger partial charge is 0.387 e. The highest BCUT2D eigenvalue weighted by molar-refractivity contribution is 5.89. The van der Waals surface area contributed by atoms with E-state index in [0.29, 0.717) is 11.5 Å². The fourth-order valence-corrected chi connectivity index (χ4v) is 3.26. The lowest BCUT2D eigenvalue weighted by Gasteiger charge is -2.33. The summed E-state index contributed by atoms with van der Waals surface area (Å²) in [6, 6.07) is 4.45. The first-order chi connectivity index (χ1) is 13.8. The molecule has 0 bridgehead atoms. The van der Waals surface area contributed by atoms with Crippen LogP contribution in [0.3, 0.4) is 0 Å². The summed E-state index contributed by atoms with van der Waals surface area (Å²) in [6.07, 6.45) is 6.71. The van der Waals surface area contributed by atoms with Crippen LogP contribution >= 0.6 is 0 Å². The van der Waals surface area contributed by atoms with Gasteiger partial charge in [0, 0.05) is 19.2 Å². The minimum Gasteiger partial charge on any atom is -0.493 e. The Morgan fingerprint density at radius 3 is 2.52 bits per heavy atom. The predicted molar refractivity (Wildman–Crippen MR) is 104 cm³/mol. The highest BCUT2D eigenvalue weighted by atomic mass is 19.3. The number of alkyl halides is 2. The van der Waals surface area contributed by atoms with E-state index >= 15 is 0 Å². The van der Waals surface area contributed by atoms with Crippen molar-refractivity contribution < 1.29 is 32.6 Å². The molecule has 0 heterocycles. The number of benzene rings is 1.